The summed E-state index contributed by atoms with van der Waals surface area (Å²) in [5.41, 5.74) is -0.310. The van der Waals surface area contributed by atoms with Crippen LogP contribution in [0.25, 0.3) is 0 Å². The molecule has 0 aliphatic carbocycles. The van der Waals surface area contributed by atoms with E-state index in [9.17, 15) is 18.0 Å². The van der Waals surface area contributed by atoms with Crippen LogP contribution in [-0.2, 0) is 12.7 Å². The van der Waals surface area contributed by atoms with E-state index in [1.807, 2.05) is 0 Å². The van der Waals surface area contributed by atoms with E-state index in [1.54, 1.807) is 13.8 Å². The monoisotopic (exact) mass is 260 g/mol. The third-order valence-electron chi connectivity index (χ3n) is 2.13. The van der Waals surface area contributed by atoms with Gasteiger partial charge in [0.05, 0.1) is 5.56 Å². The summed E-state index contributed by atoms with van der Waals surface area (Å²) < 4.78 is 37.3. The lowest BCUT2D eigenvalue weighted by Crippen LogP contribution is -2.39. The van der Waals surface area contributed by atoms with Gasteiger partial charge >= 0.3 is 12.2 Å². The molecule has 3 nitrogen and oxygen atoms in total. The van der Waals surface area contributed by atoms with E-state index < -0.39 is 17.8 Å². The van der Waals surface area contributed by atoms with E-state index in [2.05, 4.69) is 10.6 Å². The zero-order chi connectivity index (χ0) is 13.8. The van der Waals surface area contributed by atoms with E-state index >= 15 is 0 Å². The number of nitrogens with one attached hydrogen (secondary N) is 2. The highest BCUT2D eigenvalue weighted by Gasteiger charge is 2.30. The van der Waals surface area contributed by atoms with Gasteiger partial charge in [-0.25, -0.2) is 4.79 Å². The van der Waals surface area contributed by atoms with Crippen LogP contribution in [0, 0.1) is 0 Å². The number of benzene rings is 1. The van der Waals surface area contributed by atoms with Crippen molar-refractivity contribution in [1.82, 2.24) is 10.6 Å². The fourth-order valence-corrected chi connectivity index (χ4v) is 1.35. The molecule has 0 spiro atoms. The predicted octanol–water partition coefficient (Wildman–Crippen LogP) is 2.91. The van der Waals surface area contributed by atoms with E-state index in [0.717, 1.165) is 12.1 Å². The van der Waals surface area contributed by atoms with Crippen molar-refractivity contribution in [3.63, 3.8) is 0 Å². The summed E-state index contributed by atoms with van der Waals surface area (Å²) in [5, 5.41) is 5.08. The summed E-state index contributed by atoms with van der Waals surface area (Å²) >= 11 is 0. The molecule has 6 heteroatoms. The smallest absolute Gasteiger partial charge is 0.336 e. The maximum absolute atomic E-state index is 12.4. The first kappa shape index (κ1) is 14.3. The number of hydrogen-bond donors (Lipinski definition) is 2. The minimum atomic E-state index is -4.36. The van der Waals surface area contributed by atoms with Gasteiger partial charge in [0.2, 0.25) is 0 Å². The Bertz CT molecular complexity index is 416. The lowest BCUT2D eigenvalue weighted by molar-refractivity contribution is -0.137. The Labute approximate surface area is 103 Å². The van der Waals surface area contributed by atoms with Crippen LogP contribution in [0.3, 0.4) is 0 Å². The maximum atomic E-state index is 12.4. The highest BCUT2D eigenvalue weighted by molar-refractivity contribution is 5.74. The highest BCUT2D eigenvalue weighted by Crippen LogP contribution is 2.29. The van der Waals surface area contributed by atoms with Crippen LogP contribution in [0.2, 0.25) is 0 Å². The largest absolute Gasteiger partial charge is 0.416 e. The molecule has 2 N–H and O–H groups in total. The second kappa shape index (κ2) is 5.75. The predicted molar refractivity (Wildman–Crippen MR) is 62.0 cm³/mol. The second-order valence-electron chi connectivity index (χ2n) is 4.18. The third-order valence-corrected chi connectivity index (χ3v) is 2.13. The zero-order valence-electron chi connectivity index (χ0n) is 10.1. The van der Waals surface area contributed by atoms with Gasteiger partial charge < -0.3 is 10.6 Å². The van der Waals surface area contributed by atoms with E-state index in [1.165, 1.54) is 12.1 Å². The minimum absolute atomic E-state index is 0.0218. The SMILES string of the molecule is CC(C)NC(=O)NCc1cccc(C(F)(F)F)c1. The van der Waals surface area contributed by atoms with Crippen LogP contribution in [0.5, 0.6) is 0 Å². The molecule has 1 rings (SSSR count). The van der Waals surface area contributed by atoms with Gasteiger partial charge in [-0.15, -0.1) is 0 Å². The summed E-state index contributed by atoms with van der Waals surface area (Å²) in [6.07, 6.45) is -4.36. The molecule has 0 bridgehead atoms. The molecule has 0 saturated heterocycles. The molecule has 0 radical (unpaired) electrons. The summed E-state index contributed by atoms with van der Waals surface area (Å²) in [5.74, 6) is 0. The van der Waals surface area contributed by atoms with Crippen molar-refractivity contribution in [1.29, 1.82) is 0 Å². The molecule has 1 aromatic carbocycles. The molecule has 0 fully saturated rings. The van der Waals surface area contributed by atoms with Gasteiger partial charge in [-0.05, 0) is 31.5 Å². The molecule has 0 aliphatic rings. The van der Waals surface area contributed by atoms with Crippen molar-refractivity contribution >= 4 is 6.03 Å². The van der Waals surface area contributed by atoms with Crippen molar-refractivity contribution in [2.45, 2.75) is 32.6 Å². The Morgan fingerprint density at radius 1 is 1.33 bits per heavy atom. The van der Waals surface area contributed by atoms with Crippen LogP contribution in [-0.4, -0.2) is 12.1 Å². The van der Waals surface area contributed by atoms with Gasteiger partial charge in [0, 0.05) is 12.6 Å². The Kier molecular flexibility index (Phi) is 4.58. The minimum Gasteiger partial charge on any atom is -0.336 e. The van der Waals surface area contributed by atoms with Crippen LogP contribution >= 0.6 is 0 Å². The number of amides is 2. The van der Waals surface area contributed by atoms with E-state index in [0.29, 0.717) is 5.56 Å². The molecular formula is C12H15F3N2O. The standard InChI is InChI=1S/C12H15F3N2O/c1-8(2)17-11(18)16-7-9-4-3-5-10(6-9)12(13,14)15/h3-6,8H,7H2,1-2H3,(H2,16,17,18). The first-order valence-electron chi connectivity index (χ1n) is 5.49. The molecule has 2 amide bonds. The number of hydrogen-bond acceptors (Lipinski definition) is 1. The number of carbonyl (C=O) groups is 1. The van der Waals surface area contributed by atoms with Crippen LogP contribution < -0.4 is 10.6 Å². The van der Waals surface area contributed by atoms with Crippen molar-refractivity contribution in [2.75, 3.05) is 0 Å². The molecule has 18 heavy (non-hydrogen) atoms. The fraction of sp³-hybridized carbons (Fsp3) is 0.417. The number of carbonyl (C=O) groups excluding carboxylic acids is 1. The molecule has 0 aromatic heterocycles. The Morgan fingerprint density at radius 2 is 2.00 bits per heavy atom. The third kappa shape index (κ3) is 4.65. The number of urea groups is 1. The fourth-order valence-electron chi connectivity index (χ4n) is 1.35. The first-order valence-corrected chi connectivity index (χ1v) is 5.49. The molecule has 0 atom stereocenters. The molecule has 100 valence electrons. The molecule has 0 saturated carbocycles. The van der Waals surface area contributed by atoms with Crippen LogP contribution in [0.1, 0.15) is 25.0 Å². The highest BCUT2D eigenvalue weighted by atomic mass is 19.4. The van der Waals surface area contributed by atoms with Gasteiger partial charge in [-0.3, -0.25) is 0 Å². The van der Waals surface area contributed by atoms with Gasteiger partial charge in [0.15, 0.2) is 0 Å². The van der Waals surface area contributed by atoms with Crippen molar-refractivity contribution in [3.05, 3.63) is 35.4 Å². The van der Waals surface area contributed by atoms with Gasteiger partial charge in [0.25, 0.3) is 0 Å². The lowest BCUT2D eigenvalue weighted by atomic mass is 10.1. The normalized spacial score (nSPS) is 11.4. The number of rotatable bonds is 3. The quantitative estimate of drug-likeness (QED) is 0.862. The average Bonchev–Trinajstić information content (AvgIpc) is 2.25. The maximum Gasteiger partial charge on any atom is 0.416 e. The number of alkyl halides is 3. The second-order valence-corrected chi connectivity index (χ2v) is 4.18. The van der Waals surface area contributed by atoms with E-state index in [4.69, 9.17) is 0 Å². The molecular weight excluding hydrogens is 245 g/mol. The van der Waals surface area contributed by atoms with Gasteiger partial charge in [-0.1, -0.05) is 12.1 Å². The molecule has 0 aliphatic heterocycles. The first-order chi connectivity index (χ1) is 8.29. The molecule has 0 unspecified atom stereocenters. The topological polar surface area (TPSA) is 41.1 Å². The summed E-state index contributed by atoms with van der Waals surface area (Å²) in [6.45, 7) is 3.65. The lowest BCUT2D eigenvalue weighted by Gasteiger charge is -2.11. The van der Waals surface area contributed by atoms with Crippen LogP contribution in [0.4, 0.5) is 18.0 Å². The van der Waals surface area contributed by atoms with Crippen molar-refractivity contribution < 1.29 is 18.0 Å². The zero-order valence-corrected chi connectivity index (χ0v) is 10.1. The van der Waals surface area contributed by atoms with Crippen molar-refractivity contribution in [2.24, 2.45) is 0 Å². The van der Waals surface area contributed by atoms with Gasteiger partial charge in [0.1, 0.15) is 0 Å². The van der Waals surface area contributed by atoms with Crippen LogP contribution in [0.15, 0.2) is 24.3 Å². The summed E-state index contributed by atoms with van der Waals surface area (Å²) in [6, 6.07) is 4.45. The molecule has 1 aromatic rings. The Balaban J connectivity index is 2.61. The molecule has 0 heterocycles. The Morgan fingerprint density at radius 3 is 2.56 bits per heavy atom. The van der Waals surface area contributed by atoms with Gasteiger partial charge in [-0.2, -0.15) is 13.2 Å². The summed E-state index contributed by atoms with van der Waals surface area (Å²) in [4.78, 5) is 11.3. The average molecular weight is 260 g/mol. The van der Waals surface area contributed by atoms with E-state index in [-0.39, 0.29) is 12.6 Å². The number of halogens is 3. The summed E-state index contributed by atoms with van der Waals surface area (Å²) in [7, 11) is 0. The van der Waals surface area contributed by atoms with Crippen molar-refractivity contribution in [3.8, 4) is 0 Å². The Hall–Kier alpha value is -1.72.